The Hall–Kier alpha value is 0.160. The van der Waals surface area contributed by atoms with E-state index in [1.807, 2.05) is 11.9 Å². The van der Waals surface area contributed by atoms with Crippen LogP contribution in [0, 0.1) is 11.8 Å². The summed E-state index contributed by atoms with van der Waals surface area (Å²) in [4.78, 5) is 0.784. The van der Waals surface area contributed by atoms with E-state index in [0.29, 0.717) is 12.3 Å². The second kappa shape index (κ2) is 16.3. The van der Waals surface area contributed by atoms with Gasteiger partial charge >= 0.3 is 0 Å². The molecule has 2 N–H and O–H groups in total. The van der Waals surface area contributed by atoms with E-state index in [0.717, 1.165) is 29.6 Å². The van der Waals surface area contributed by atoms with Crippen LogP contribution in [-0.2, 0) is 0 Å². The fourth-order valence-corrected chi connectivity index (χ4v) is 4.59. The van der Waals surface area contributed by atoms with E-state index in [1.165, 1.54) is 44.9 Å². The number of unbranched alkanes of at least 4 members (excludes halogenated alkanes) is 2. The summed E-state index contributed by atoms with van der Waals surface area (Å²) in [6.07, 6.45) is 9.57. The van der Waals surface area contributed by atoms with Crippen LogP contribution in [0.15, 0.2) is 0 Å². The molecular weight excluding hydrogens is 350 g/mol. The average Bonchev–Trinajstić information content (AvgIpc) is 2.63. The Labute approximate surface area is 166 Å². The lowest BCUT2D eigenvalue weighted by Gasteiger charge is -2.30. The molecule has 0 saturated carbocycles. The summed E-state index contributed by atoms with van der Waals surface area (Å²) in [6, 6.07) is 0. The lowest BCUT2D eigenvalue weighted by molar-refractivity contribution is 0.0999. The Kier molecular flexibility index (Phi) is 16.4. The van der Waals surface area contributed by atoms with Crippen molar-refractivity contribution in [1.29, 1.82) is 0 Å². The SMILES string of the molecule is CCCCC(CC)CSN(CC(CC)CCCC)C(=S)CC(O)CO. The second-order valence-electron chi connectivity index (χ2n) is 7.12. The molecule has 0 radical (unpaired) electrons. The van der Waals surface area contributed by atoms with Crippen molar-refractivity contribution in [3.05, 3.63) is 0 Å². The summed E-state index contributed by atoms with van der Waals surface area (Å²) in [5.74, 6) is 2.47. The molecule has 0 spiro atoms. The van der Waals surface area contributed by atoms with E-state index >= 15 is 0 Å². The van der Waals surface area contributed by atoms with Gasteiger partial charge in [-0.2, -0.15) is 0 Å². The number of nitrogens with zero attached hydrogens (tertiary/aromatic N) is 1. The highest BCUT2D eigenvalue weighted by Crippen LogP contribution is 2.26. The number of aliphatic hydroxyl groups is 2. The van der Waals surface area contributed by atoms with Crippen molar-refractivity contribution in [2.75, 3.05) is 18.9 Å². The van der Waals surface area contributed by atoms with Gasteiger partial charge in [-0.3, -0.25) is 0 Å². The molecule has 25 heavy (non-hydrogen) atoms. The molecule has 0 bridgehead atoms. The van der Waals surface area contributed by atoms with E-state index in [4.69, 9.17) is 17.3 Å². The Balaban J connectivity index is 4.77. The van der Waals surface area contributed by atoms with Gasteiger partial charge < -0.3 is 14.5 Å². The maximum absolute atomic E-state index is 9.78. The van der Waals surface area contributed by atoms with Gasteiger partial charge in [0, 0.05) is 18.7 Å². The van der Waals surface area contributed by atoms with Gasteiger partial charge in [-0.1, -0.05) is 78.4 Å². The van der Waals surface area contributed by atoms with Gasteiger partial charge in [0.1, 0.15) is 0 Å². The minimum absolute atomic E-state index is 0.222. The summed E-state index contributed by atoms with van der Waals surface area (Å²) >= 11 is 7.45. The molecule has 0 amide bonds. The zero-order valence-corrected chi connectivity index (χ0v) is 18.5. The van der Waals surface area contributed by atoms with Crippen LogP contribution >= 0.6 is 24.2 Å². The third-order valence-electron chi connectivity index (χ3n) is 4.88. The standard InChI is InChI=1S/C20H41NO2S2/c1-5-9-11-17(7-3)14-21(20(24)13-19(23)15-22)25-16-18(8-4)12-10-6-2/h17-19,22-23H,5-16H2,1-4H3. The van der Waals surface area contributed by atoms with Crippen LogP contribution in [0.1, 0.15) is 85.5 Å². The van der Waals surface area contributed by atoms with Crippen LogP contribution in [0.2, 0.25) is 0 Å². The fourth-order valence-electron chi connectivity index (χ4n) is 2.84. The molecule has 0 rings (SSSR count). The normalized spacial score (nSPS) is 15.0. The Morgan fingerprint density at radius 2 is 1.56 bits per heavy atom. The minimum atomic E-state index is -0.742. The lowest BCUT2D eigenvalue weighted by Crippen LogP contribution is -2.32. The largest absolute Gasteiger partial charge is 0.394 e. The van der Waals surface area contributed by atoms with Crippen molar-refractivity contribution in [3.8, 4) is 0 Å². The first-order chi connectivity index (χ1) is 12.0. The number of thiocarbonyl (C=S) groups is 1. The van der Waals surface area contributed by atoms with Crippen LogP contribution in [-0.4, -0.2) is 44.5 Å². The first-order valence-electron chi connectivity index (χ1n) is 10.2. The van der Waals surface area contributed by atoms with Gasteiger partial charge in [-0.25, -0.2) is 0 Å². The molecule has 0 aromatic heterocycles. The second-order valence-corrected chi connectivity index (χ2v) is 8.63. The summed E-state index contributed by atoms with van der Waals surface area (Å²) in [5.41, 5.74) is 0. The molecule has 3 atom stereocenters. The van der Waals surface area contributed by atoms with Crippen LogP contribution < -0.4 is 0 Å². The molecule has 3 nitrogen and oxygen atoms in total. The molecule has 0 saturated heterocycles. The van der Waals surface area contributed by atoms with Gasteiger partial charge in [0.25, 0.3) is 0 Å². The highest BCUT2D eigenvalue weighted by atomic mass is 32.2. The van der Waals surface area contributed by atoms with Crippen molar-refractivity contribution >= 4 is 29.2 Å². The monoisotopic (exact) mass is 391 g/mol. The summed E-state index contributed by atoms with van der Waals surface area (Å²) in [6.45, 7) is 9.75. The molecule has 0 aromatic rings. The van der Waals surface area contributed by atoms with Gasteiger partial charge in [0.15, 0.2) is 0 Å². The third-order valence-corrected chi connectivity index (χ3v) is 6.68. The molecular formula is C20H41NO2S2. The molecule has 0 aromatic carbocycles. The van der Waals surface area contributed by atoms with E-state index in [9.17, 15) is 5.11 Å². The van der Waals surface area contributed by atoms with E-state index < -0.39 is 6.10 Å². The Morgan fingerprint density at radius 3 is 2.04 bits per heavy atom. The van der Waals surface area contributed by atoms with Crippen molar-refractivity contribution in [2.45, 2.75) is 91.6 Å². The zero-order valence-electron chi connectivity index (χ0n) is 16.9. The van der Waals surface area contributed by atoms with Crippen molar-refractivity contribution < 1.29 is 10.2 Å². The number of aliphatic hydroxyl groups excluding tert-OH is 2. The molecule has 0 aliphatic carbocycles. The fraction of sp³-hybridized carbons (Fsp3) is 0.950. The van der Waals surface area contributed by atoms with Crippen LogP contribution in [0.25, 0.3) is 0 Å². The molecule has 150 valence electrons. The summed E-state index contributed by atoms with van der Waals surface area (Å²) in [7, 11) is 0. The molecule has 0 fully saturated rings. The van der Waals surface area contributed by atoms with Gasteiger partial charge in [0.2, 0.25) is 0 Å². The highest BCUT2D eigenvalue weighted by Gasteiger charge is 2.20. The molecule has 0 aliphatic heterocycles. The Morgan fingerprint density at radius 1 is 1.00 bits per heavy atom. The number of hydrogen-bond acceptors (Lipinski definition) is 4. The highest BCUT2D eigenvalue weighted by molar-refractivity contribution is 7.98. The summed E-state index contributed by atoms with van der Waals surface area (Å²) in [5, 5.41) is 18.9. The third kappa shape index (κ3) is 12.2. The molecule has 5 heteroatoms. The maximum Gasteiger partial charge on any atom is 0.0905 e. The van der Waals surface area contributed by atoms with Crippen molar-refractivity contribution in [1.82, 2.24) is 4.31 Å². The van der Waals surface area contributed by atoms with E-state index in [2.05, 4.69) is 32.0 Å². The van der Waals surface area contributed by atoms with E-state index in [-0.39, 0.29) is 6.61 Å². The number of hydrogen-bond donors (Lipinski definition) is 2. The lowest BCUT2D eigenvalue weighted by atomic mass is 9.99. The van der Waals surface area contributed by atoms with Gasteiger partial charge in [-0.05, 0) is 36.6 Å². The predicted octanol–water partition coefficient (Wildman–Crippen LogP) is 5.44. The topological polar surface area (TPSA) is 43.7 Å². The maximum atomic E-state index is 9.78. The van der Waals surface area contributed by atoms with Crippen LogP contribution in [0.5, 0.6) is 0 Å². The van der Waals surface area contributed by atoms with Crippen molar-refractivity contribution in [2.24, 2.45) is 11.8 Å². The predicted molar refractivity (Wildman–Crippen MR) is 116 cm³/mol. The zero-order chi connectivity index (χ0) is 19.1. The summed E-state index contributed by atoms with van der Waals surface area (Å²) < 4.78 is 2.24. The van der Waals surface area contributed by atoms with Crippen molar-refractivity contribution in [3.63, 3.8) is 0 Å². The van der Waals surface area contributed by atoms with Gasteiger partial charge in [0.05, 0.1) is 17.7 Å². The smallest absolute Gasteiger partial charge is 0.0905 e. The van der Waals surface area contributed by atoms with Crippen LogP contribution in [0.3, 0.4) is 0 Å². The van der Waals surface area contributed by atoms with Gasteiger partial charge in [-0.15, -0.1) is 0 Å². The molecule has 3 unspecified atom stereocenters. The quantitative estimate of drug-likeness (QED) is 0.271. The minimum Gasteiger partial charge on any atom is -0.394 e. The first kappa shape index (κ1) is 25.2. The Bertz CT molecular complexity index is 329. The average molecular weight is 392 g/mol. The molecule has 0 aliphatic rings. The van der Waals surface area contributed by atoms with E-state index in [1.54, 1.807) is 0 Å². The first-order valence-corrected chi connectivity index (χ1v) is 11.6. The van der Waals surface area contributed by atoms with Crippen LogP contribution in [0.4, 0.5) is 0 Å². The molecule has 0 heterocycles. The number of rotatable bonds is 16.